The van der Waals surface area contributed by atoms with Gasteiger partial charge in [-0.15, -0.1) is 5.10 Å². The summed E-state index contributed by atoms with van der Waals surface area (Å²) in [6.45, 7) is -0.146. The zero-order valence-corrected chi connectivity index (χ0v) is 12.8. The fraction of sp³-hybridized carbons (Fsp3) is 0.167. The minimum atomic E-state index is -3.43. The third kappa shape index (κ3) is 3.83. The van der Waals surface area contributed by atoms with Gasteiger partial charge in [0.25, 0.3) is 0 Å². The van der Waals surface area contributed by atoms with Crippen molar-refractivity contribution >= 4 is 38.5 Å². The number of carbonyl (C=O) groups is 1. The summed E-state index contributed by atoms with van der Waals surface area (Å²) in [5.41, 5.74) is 2.21. The van der Waals surface area contributed by atoms with E-state index in [0.717, 1.165) is 22.1 Å². The van der Waals surface area contributed by atoms with E-state index >= 15 is 0 Å². The first-order valence-corrected chi connectivity index (χ1v) is 8.39. The molecule has 0 spiro atoms. The van der Waals surface area contributed by atoms with E-state index < -0.39 is 10.0 Å². The number of nitrogens with one attached hydrogen (secondary N) is 3. The van der Waals surface area contributed by atoms with Crippen LogP contribution >= 0.6 is 0 Å². The predicted molar refractivity (Wildman–Crippen MR) is 83.2 cm³/mol. The van der Waals surface area contributed by atoms with Gasteiger partial charge in [0, 0.05) is 5.69 Å². The smallest absolute Gasteiger partial charge is 0.247 e. The molecule has 10 nitrogen and oxygen atoms in total. The van der Waals surface area contributed by atoms with E-state index in [4.69, 9.17) is 0 Å². The Bertz CT molecular complexity index is 960. The van der Waals surface area contributed by atoms with Crippen LogP contribution in [0.5, 0.6) is 0 Å². The molecule has 0 saturated carbocycles. The average Bonchev–Trinajstić information content (AvgIpc) is 3.05. The Morgan fingerprint density at radius 2 is 2.22 bits per heavy atom. The van der Waals surface area contributed by atoms with Crippen LogP contribution < -0.4 is 10.0 Å². The topological polar surface area (TPSA) is 135 Å². The van der Waals surface area contributed by atoms with Gasteiger partial charge in [-0.05, 0) is 18.2 Å². The summed E-state index contributed by atoms with van der Waals surface area (Å²) in [5.74, 6) is -0.287. The van der Waals surface area contributed by atoms with Crippen molar-refractivity contribution in [3.05, 3.63) is 30.7 Å². The molecule has 1 aromatic carbocycles. The first kappa shape index (κ1) is 15.0. The second-order valence-corrected chi connectivity index (χ2v) is 6.57. The van der Waals surface area contributed by atoms with Gasteiger partial charge in [0.1, 0.15) is 6.54 Å². The lowest BCUT2D eigenvalue weighted by molar-refractivity contribution is -0.117. The van der Waals surface area contributed by atoms with Gasteiger partial charge in [-0.2, -0.15) is 9.90 Å². The summed E-state index contributed by atoms with van der Waals surface area (Å²) >= 11 is 0. The molecule has 2 heterocycles. The third-order valence-corrected chi connectivity index (χ3v) is 3.40. The maximum absolute atomic E-state index is 12.0. The number of fused-ring (bicyclic) bond motifs is 1. The molecule has 0 radical (unpaired) electrons. The molecule has 3 aromatic rings. The molecule has 0 aliphatic carbocycles. The lowest BCUT2D eigenvalue weighted by Crippen LogP contribution is -2.20. The number of rotatable bonds is 5. The number of imidazole rings is 1. The lowest BCUT2D eigenvalue weighted by Gasteiger charge is -2.04. The van der Waals surface area contributed by atoms with Crippen LogP contribution in [0.4, 0.5) is 11.5 Å². The highest BCUT2D eigenvalue weighted by Gasteiger charge is 2.10. The molecule has 0 aliphatic heterocycles. The van der Waals surface area contributed by atoms with Crippen LogP contribution in [0.25, 0.3) is 11.0 Å². The van der Waals surface area contributed by atoms with Gasteiger partial charge < -0.3 is 10.3 Å². The van der Waals surface area contributed by atoms with Crippen LogP contribution in [0.1, 0.15) is 0 Å². The molecule has 120 valence electrons. The zero-order valence-electron chi connectivity index (χ0n) is 12.0. The minimum Gasteiger partial charge on any atom is -0.345 e. The van der Waals surface area contributed by atoms with Gasteiger partial charge in [0.2, 0.25) is 15.9 Å². The van der Waals surface area contributed by atoms with Gasteiger partial charge in [0.05, 0.1) is 29.8 Å². The Morgan fingerprint density at radius 1 is 1.39 bits per heavy atom. The zero-order chi connectivity index (χ0) is 16.4. The number of hydrogen-bond donors (Lipinski definition) is 3. The molecule has 0 bridgehead atoms. The van der Waals surface area contributed by atoms with E-state index in [1.54, 1.807) is 24.5 Å². The Balaban J connectivity index is 1.65. The SMILES string of the molecule is CS(=O)(=O)Nc1cnn(CC(=O)Nc2ccc3nc[nH]c3c2)n1. The van der Waals surface area contributed by atoms with Crippen molar-refractivity contribution in [2.75, 3.05) is 16.3 Å². The Hall–Kier alpha value is -2.95. The van der Waals surface area contributed by atoms with Crippen molar-refractivity contribution in [1.29, 1.82) is 0 Å². The Morgan fingerprint density at radius 3 is 3.00 bits per heavy atom. The molecule has 3 N–H and O–H groups in total. The fourth-order valence-electron chi connectivity index (χ4n) is 1.95. The molecule has 2 aromatic heterocycles. The molecular formula is C12H13N7O3S. The molecule has 23 heavy (non-hydrogen) atoms. The maximum atomic E-state index is 12.0. The van der Waals surface area contributed by atoms with Gasteiger partial charge >= 0.3 is 0 Å². The summed E-state index contributed by atoms with van der Waals surface area (Å²) in [6, 6.07) is 5.27. The number of H-pyrrole nitrogens is 1. The summed E-state index contributed by atoms with van der Waals surface area (Å²) in [6.07, 6.45) is 3.80. The van der Waals surface area contributed by atoms with Gasteiger partial charge in [-0.25, -0.2) is 13.4 Å². The summed E-state index contributed by atoms with van der Waals surface area (Å²) in [7, 11) is -3.43. The highest BCUT2D eigenvalue weighted by atomic mass is 32.2. The van der Waals surface area contributed by atoms with Crippen molar-refractivity contribution in [3.8, 4) is 0 Å². The molecule has 0 unspecified atom stereocenters. The van der Waals surface area contributed by atoms with Crippen LogP contribution in [0.3, 0.4) is 0 Å². The summed E-state index contributed by atoms with van der Waals surface area (Å²) in [5, 5.41) is 10.4. The Kier molecular flexibility index (Phi) is 3.70. The number of benzene rings is 1. The van der Waals surface area contributed by atoms with Crippen LogP contribution in [0.2, 0.25) is 0 Å². The number of sulfonamides is 1. The van der Waals surface area contributed by atoms with E-state index in [9.17, 15) is 13.2 Å². The average molecular weight is 335 g/mol. The number of anilines is 2. The molecule has 1 amide bonds. The summed E-state index contributed by atoms with van der Waals surface area (Å²) in [4.78, 5) is 20.1. The van der Waals surface area contributed by atoms with E-state index in [-0.39, 0.29) is 18.3 Å². The molecule has 0 fully saturated rings. The quantitative estimate of drug-likeness (QED) is 0.608. The molecular weight excluding hydrogens is 322 g/mol. The monoisotopic (exact) mass is 335 g/mol. The summed E-state index contributed by atoms with van der Waals surface area (Å²) < 4.78 is 24.3. The molecule has 11 heteroatoms. The van der Waals surface area contributed by atoms with Crippen molar-refractivity contribution in [2.45, 2.75) is 6.54 Å². The number of amides is 1. The number of hydrogen-bond acceptors (Lipinski definition) is 6. The highest BCUT2D eigenvalue weighted by molar-refractivity contribution is 7.92. The van der Waals surface area contributed by atoms with Gasteiger partial charge in [-0.1, -0.05) is 0 Å². The van der Waals surface area contributed by atoms with E-state index in [0.29, 0.717) is 5.69 Å². The third-order valence-electron chi connectivity index (χ3n) is 2.82. The van der Waals surface area contributed by atoms with Crippen molar-refractivity contribution in [2.24, 2.45) is 0 Å². The van der Waals surface area contributed by atoms with Gasteiger partial charge in [-0.3, -0.25) is 9.52 Å². The lowest BCUT2D eigenvalue weighted by atomic mass is 10.3. The van der Waals surface area contributed by atoms with Crippen molar-refractivity contribution < 1.29 is 13.2 Å². The fourth-order valence-corrected chi connectivity index (χ4v) is 2.43. The second-order valence-electron chi connectivity index (χ2n) is 4.82. The van der Waals surface area contributed by atoms with Crippen LogP contribution in [-0.4, -0.2) is 45.5 Å². The van der Waals surface area contributed by atoms with E-state index in [1.807, 2.05) is 0 Å². The minimum absolute atomic E-state index is 0.0548. The standard InChI is InChI=1S/C12H13N7O3S/c1-23(21,22)18-11-5-15-19(17-11)6-12(20)16-8-2-3-9-10(4-8)14-7-13-9/h2-5,7H,6H2,1H3,(H,13,14)(H,16,20)(H,17,18). The molecule has 0 atom stereocenters. The largest absolute Gasteiger partial charge is 0.345 e. The normalized spacial score (nSPS) is 11.5. The number of aromatic nitrogens is 5. The first-order valence-electron chi connectivity index (χ1n) is 6.50. The van der Waals surface area contributed by atoms with Crippen LogP contribution in [0.15, 0.2) is 30.7 Å². The molecule has 3 rings (SSSR count). The molecule has 0 saturated heterocycles. The first-order chi connectivity index (χ1) is 10.9. The van der Waals surface area contributed by atoms with E-state index in [1.165, 1.54) is 6.20 Å². The van der Waals surface area contributed by atoms with Gasteiger partial charge in [0.15, 0.2) is 5.82 Å². The van der Waals surface area contributed by atoms with Crippen LogP contribution in [-0.2, 0) is 21.4 Å². The second kappa shape index (κ2) is 5.68. The van der Waals surface area contributed by atoms with E-state index in [2.05, 4.69) is 30.2 Å². The number of nitrogens with zero attached hydrogens (tertiary/aromatic N) is 4. The van der Waals surface area contributed by atoms with Crippen molar-refractivity contribution in [3.63, 3.8) is 0 Å². The predicted octanol–water partition coefficient (Wildman–Crippen LogP) is 0.165. The maximum Gasteiger partial charge on any atom is 0.247 e. The molecule has 0 aliphatic rings. The number of carbonyl (C=O) groups excluding carboxylic acids is 1. The van der Waals surface area contributed by atoms with Crippen molar-refractivity contribution in [1.82, 2.24) is 25.0 Å². The Labute approximate surface area is 131 Å². The highest BCUT2D eigenvalue weighted by Crippen LogP contribution is 2.15. The number of aromatic amines is 1. The van der Waals surface area contributed by atoms with Crippen LogP contribution in [0, 0.1) is 0 Å².